The number of anilines is 1. The molecule has 0 aliphatic heterocycles. The van der Waals surface area contributed by atoms with Crippen molar-refractivity contribution in [2.75, 3.05) is 5.32 Å². The molecule has 86 valence electrons. The highest BCUT2D eigenvalue weighted by Gasteiger charge is 2.30. The van der Waals surface area contributed by atoms with Crippen molar-refractivity contribution in [2.24, 2.45) is 11.7 Å². The fourth-order valence-electron chi connectivity index (χ4n) is 2.14. The number of amides is 1. The van der Waals surface area contributed by atoms with Crippen LogP contribution in [0.2, 0.25) is 0 Å². The van der Waals surface area contributed by atoms with Crippen LogP contribution in [0.1, 0.15) is 24.8 Å². The number of hydrogen-bond acceptors (Lipinski definition) is 3. The van der Waals surface area contributed by atoms with E-state index in [0.29, 0.717) is 5.82 Å². The molecule has 2 atom stereocenters. The molecule has 1 aromatic heterocycles. The Bertz CT molecular complexity index is 392. The minimum atomic E-state index is -0.0534. The average Bonchev–Trinajstić information content (AvgIpc) is 2.64. The zero-order chi connectivity index (χ0) is 11.5. The predicted molar refractivity (Wildman–Crippen MR) is 62.9 cm³/mol. The fraction of sp³-hybridized carbons (Fsp3) is 0.500. The van der Waals surface area contributed by atoms with Crippen LogP contribution < -0.4 is 11.1 Å². The molecule has 4 heteroatoms. The Labute approximate surface area is 95.3 Å². The lowest BCUT2D eigenvalue weighted by molar-refractivity contribution is -0.120. The quantitative estimate of drug-likeness (QED) is 0.791. The number of nitrogens with one attached hydrogen (secondary N) is 1. The van der Waals surface area contributed by atoms with Crippen molar-refractivity contribution in [3.63, 3.8) is 0 Å². The summed E-state index contributed by atoms with van der Waals surface area (Å²) in [4.78, 5) is 16.0. The number of aromatic nitrogens is 1. The van der Waals surface area contributed by atoms with Gasteiger partial charge in [-0.3, -0.25) is 4.79 Å². The van der Waals surface area contributed by atoms with Gasteiger partial charge in [0, 0.05) is 12.2 Å². The molecule has 1 fully saturated rings. The SMILES string of the molecule is Cc1ccnc(NC(=O)C2CCCC2N)c1. The molecular weight excluding hydrogens is 202 g/mol. The zero-order valence-corrected chi connectivity index (χ0v) is 9.44. The van der Waals surface area contributed by atoms with Gasteiger partial charge in [-0.05, 0) is 37.5 Å². The van der Waals surface area contributed by atoms with Crippen LogP contribution in [0.15, 0.2) is 18.3 Å². The summed E-state index contributed by atoms with van der Waals surface area (Å²) in [6, 6.07) is 3.76. The maximum Gasteiger partial charge on any atom is 0.230 e. The standard InChI is InChI=1S/C12H17N3O/c1-8-5-6-14-11(7-8)15-12(16)9-3-2-4-10(9)13/h5-7,9-10H,2-4,13H2,1H3,(H,14,15,16). The maximum atomic E-state index is 11.9. The van der Waals surface area contributed by atoms with Crippen LogP contribution in [0.4, 0.5) is 5.82 Å². The number of hydrogen-bond donors (Lipinski definition) is 2. The highest BCUT2D eigenvalue weighted by molar-refractivity contribution is 5.92. The van der Waals surface area contributed by atoms with Gasteiger partial charge in [0.1, 0.15) is 5.82 Å². The molecule has 0 radical (unpaired) electrons. The molecule has 4 nitrogen and oxygen atoms in total. The summed E-state index contributed by atoms with van der Waals surface area (Å²) in [5.74, 6) is 0.564. The lowest BCUT2D eigenvalue weighted by Gasteiger charge is -2.14. The van der Waals surface area contributed by atoms with Crippen LogP contribution in [0.25, 0.3) is 0 Å². The van der Waals surface area contributed by atoms with Gasteiger partial charge >= 0.3 is 0 Å². The molecule has 1 aliphatic carbocycles. The molecule has 0 bridgehead atoms. The minimum absolute atomic E-state index is 0.00287. The van der Waals surface area contributed by atoms with Gasteiger partial charge < -0.3 is 11.1 Å². The molecule has 0 saturated heterocycles. The monoisotopic (exact) mass is 219 g/mol. The van der Waals surface area contributed by atoms with Crippen LogP contribution in [0, 0.1) is 12.8 Å². The molecule has 3 N–H and O–H groups in total. The van der Waals surface area contributed by atoms with E-state index in [9.17, 15) is 4.79 Å². The molecule has 1 amide bonds. The van der Waals surface area contributed by atoms with E-state index >= 15 is 0 Å². The van der Waals surface area contributed by atoms with Crippen molar-refractivity contribution in [3.05, 3.63) is 23.9 Å². The van der Waals surface area contributed by atoms with Crippen LogP contribution >= 0.6 is 0 Å². The van der Waals surface area contributed by atoms with Gasteiger partial charge in [0.25, 0.3) is 0 Å². The Morgan fingerprint density at radius 1 is 1.56 bits per heavy atom. The van der Waals surface area contributed by atoms with Gasteiger partial charge in [-0.25, -0.2) is 4.98 Å². The van der Waals surface area contributed by atoms with Crippen molar-refractivity contribution in [2.45, 2.75) is 32.2 Å². The summed E-state index contributed by atoms with van der Waals surface area (Å²) in [5.41, 5.74) is 6.97. The lowest BCUT2D eigenvalue weighted by atomic mass is 10.0. The van der Waals surface area contributed by atoms with E-state index in [4.69, 9.17) is 5.73 Å². The zero-order valence-electron chi connectivity index (χ0n) is 9.44. The number of nitrogens with two attached hydrogens (primary N) is 1. The highest BCUT2D eigenvalue weighted by Crippen LogP contribution is 2.25. The molecule has 2 rings (SSSR count). The first-order valence-electron chi connectivity index (χ1n) is 5.66. The van der Waals surface area contributed by atoms with Crippen molar-refractivity contribution in [3.8, 4) is 0 Å². The van der Waals surface area contributed by atoms with E-state index in [0.717, 1.165) is 24.8 Å². The van der Waals surface area contributed by atoms with E-state index in [1.165, 1.54) is 0 Å². The third-order valence-electron chi connectivity index (χ3n) is 3.07. The fourth-order valence-corrected chi connectivity index (χ4v) is 2.14. The Hall–Kier alpha value is -1.42. The third-order valence-corrected chi connectivity index (χ3v) is 3.07. The Balaban J connectivity index is 2.02. The van der Waals surface area contributed by atoms with E-state index in [1.807, 2.05) is 19.1 Å². The second kappa shape index (κ2) is 4.61. The first kappa shape index (κ1) is 11.1. The third kappa shape index (κ3) is 2.39. The van der Waals surface area contributed by atoms with Gasteiger partial charge in [0.05, 0.1) is 5.92 Å². The summed E-state index contributed by atoms with van der Waals surface area (Å²) >= 11 is 0. The predicted octanol–water partition coefficient (Wildman–Crippen LogP) is 1.46. The second-order valence-electron chi connectivity index (χ2n) is 4.41. The van der Waals surface area contributed by atoms with E-state index in [1.54, 1.807) is 6.20 Å². The largest absolute Gasteiger partial charge is 0.327 e. The second-order valence-corrected chi connectivity index (χ2v) is 4.41. The molecule has 1 aromatic rings. The van der Waals surface area contributed by atoms with Gasteiger partial charge in [0.2, 0.25) is 5.91 Å². The first-order valence-corrected chi connectivity index (χ1v) is 5.66. The summed E-state index contributed by atoms with van der Waals surface area (Å²) < 4.78 is 0. The van der Waals surface area contributed by atoms with Crippen LogP contribution in [0.5, 0.6) is 0 Å². The molecule has 0 aromatic carbocycles. The number of carbonyl (C=O) groups is 1. The van der Waals surface area contributed by atoms with Crippen LogP contribution in [0.3, 0.4) is 0 Å². The number of rotatable bonds is 2. The van der Waals surface area contributed by atoms with Crippen molar-refractivity contribution in [1.29, 1.82) is 0 Å². The molecule has 1 saturated carbocycles. The molecule has 1 heterocycles. The number of aryl methyl sites for hydroxylation is 1. The lowest BCUT2D eigenvalue weighted by Crippen LogP contribution is -2.34. The Morgan fingerprint density at radius 2 is 2.38 bits per heavy atom. The van der Waals surface area contributed by atoms with Crippen molar-refractivity contribution >= 4 is 11.7 Å². The van der Waals surface area contributed by atoms with Gasteiger partial charge in [-0.15, -0.1) is 0 Å². The van der Waals surface area contributed by atoms with Gasteiger partial charge in [-0.1, -0.05) is 6.42 Å². The van der Waals surface area contributed by atoms with E-state index in [-0.39, 0.29) is 17.9 Å². The summed E-state index contributed by atoms with van der Waals surface area (Å²) in [6.45, 7) is 1.97. The Kier molecular flexibility index (Phi) is 3.19. The summed E-state index contributed by atoms with van der Waals surface area (Å²) in [6.07, 6.45) is 4.57. The Morgan fingerprint density at radius 3 is 3.00 bits per heavy atom. The molecule has 1 aliphatic rings. The molecule has 0 spiro atoms. The topological polar surface area (TPSA) is 68.0 Å². The van der Waals surface area contributed by atoms with Crippen LogP contribution in [-0.2, 0) is 4.79 Å². The van der Waals surface area contributed by atoms with Crippen LogP contribution in [-0.4, -0.2) is 16.9 Å². The molecule has 2 unspecified atom stereocenters. The van der Waals surface area contributed by atoms with E-state index < -0.39 is 0 Å². The van der Waals surface area contributed by atoms with Gasteiger partial charge in [-0.2, -0.15) is 0 Å². The normalized spacial score (nSPS) is 24.4. The molecular formula is C12H17N3O. The minimum Gasteiger partial charge on any atom is -0.327 e. The average molecular weight is 219 g/mol. The number of nitrogens with zero attached hydrogens (tertiary/aromatic N) is 1. The summed E-state index contributed by atoms with van der Waals surface area (Å²) in [5, 5.41) is 2.83. The maximum absolute atomic E-state index is 11.9. The first-order chi connectivity index (χ1) is 7.66. The van der Waals surface area contributed by atoms with Crippen molar-refractivity contribution in [1.82, 2.24) is 4.98 Å². The van der Waals surface area contributed by atoms with Gasteiger partial charge in [0.15, 0.2) is 0 Å². The van der Waals surface area contributed by atoms with E-state index in [2.05, 4.69) is 10.3 Å². The highest BCUT2D eigenvalue weighted by atomic mass is 16.2. The number of pyridine rings is 1. The molecule has 16 heavy (non-hydrogen) atoms. The number of carbonyl (C=O) groups excluding carboxylic acids is 1. The summed E-state index contributed by atoms with van der Waals surface area (Å²) in [7, 11) is 0. The van der Waals surface area contributed by atoms with Crippen molar-refractivity contribution < 1.29 is 4.79 Å². The smallest absolute Gasteiger partial charge is 0.230 e.